The van der Waals surface area contributed by atoms with E-state index in [9.17, 15) is 13.6 Å². The maximum Gasteiger partial charge on any atom is 0.248 e. The molecule has 0 unspecified atom stereocenters. The van der Waals surface area contributed by atoms with Crippen LogP contribution in [0.1, 0.15) is 19.4 Å². The van der Waals surface area contributed by atoms with Gasteiger partial charge in [-0.3, -0.25) is 4.79 Å². The van der Waals surface area contributed by atoms with Crippen molar-refractivity contribution in [3.05, 3.63) is 59.7 Å². The van der Waals surface area contributed by atoms with Gasteiger partial charge in [-0.25, -0.2) is 8.78 Å². The number of carbonyl (C=O) groups excluding carboxylic acids is 1. The van der Waals surface area contributed by atoms with Crippen molar-refractivity contribution in [1.82, 2.24) is 0 Å². The van der Waals surface area contributed by atoms with Crippen molar-refractivity contribution >= 4 is 17.7 Å². The van der Waals surface area contributed by atoms with Crippen LogP contribution in [0.2, 0.25) is 0 Å². The molecule has 0 bridgehead atoms. The Kier molecular flexibility index (Phi) is 6.11. The van der Waals surface area contributed by atoms with E-state index in [2.05, 4.69) is 5.32 Å². The van der Waals surface area contributed by atoms with Gasteiger partial charge in [-0.15, -0.1) is 0 Å². The minimum atomic E-state index is -0.835. The molecule has 0 spiro atoms. The highest BCUT2D eigenvalue weighted by Crippen LogP contribution is 2.29. The third kappa shape index (κ3) is 5.04. The molecule has 0 saturated carbocycles. The summed E-state index contributed by atoms with van der Waals surface area (Å²) in [5.41, 5.74) is 0.201. The van der Waals surface area contributed by atoms with Crippen molar-refractivity contribution in [1.29, 1.82) is 0 Å². The van der Waals surface area contributed by atoms with Crippen LogP contribution in [0.3, 0.4) is 0 Å². The number of rotatable bonds is 6. The average molecular weight is 347 g/mol. The van der Waals surface area contributed by atoms with Crippen LogP contribution in [0, 0.1) is 11.6 Å². The van der Waals surface area contributed by atoms with Crippen molar-refractivity contribution in [2.75, 3.05) is 12.4 Å². The molecule has 132 valence electrons. The zero-order valence-electron chi connectivity index (χ0n) is 14.2. The zero-order valence-corrected chi connectivity index (χ0v) is 14.2. The number of hydrogen-bond donors (Lipinski definition) is 1. The van der Waals surface area contributed by atoms with Crippen molar-refractivity contribution in [3.63, 3.8) is 0 Å². The van der Waals surface area contributed by atoms with Crippen molar-refractivity contribution in [3.8, 4) is 11.5 Å². The fourth-order valence-electron chi connectivity index (χ4n) is 2.09. The molecule has 0 aromatic heterocycles. The van der Waals surface area contributed by atoms with Crippen LogP contribution in [0.25, 0.3) is 6.08 Å². The van der Waals surface area contributed by atoms with Gasteiger partial charge in [-0.2, -0.15) is 0 Å². The monoisotopic (exact) mass is 347 g/mol. The number of methoxy groups -OCH3 is 1. The third-order valence-electron chi connectivity index (χ3n) is 3.19. The second kappa shape index (κ2) is 8.28. The lowest BCUT2D eigenvalue weighted by Gasteiger charge is -2.13. The van der Waals surface area contributed by atoms with Crippen LogP contribution >= 0.6 is 0 Å². The van der Waals surface area contributed by atoms with E-state index in [4.69, 9.17) is 9.47 Å². The smallest absolute Gasteiger partial charge is 0.248 e. The van der Waals surface area contributed by atoms with E-state index >= 15 is 0 Å². The molecule has 1 amide bonds. The van der Waals surface area contributed by atoms with Gasteiger partial charge in [0.05, 0.1) is 13.2 Å². The highest BCUT2D eigenvalue weighted by atomic mass is 19.1. The molecule has 0 atom stereocenters. The van der Waals surface area contributed by atoms with Crippen molar-refractivity contribution < 1.29 is 23.0 Å². The summed E-state index contributed by atoms with van der Waals surface area (Å²) in [6, 6.07) is 8.54. The molecule has 2 aromatic rings. The van der Waals surface area contributed by atoms with Gasteiger partial charge in [0.15, 0.2) is 11.5 Å². The molecule has 25 heavy (non-hydrogen) atoms. The molecule has 1 N–H and O–H groups in total. The lowest BCUT2D eigenvalue weighted by molar-refractivity contribution is -0.111. The fraction of sp³-hybridized carbons (Fsp3) is 0.211. The number of halogens is 2. The van der Waals surface area contributed by atoms with Crippen LogP contribution in [0.4, 0.5) is 14.5 Å². The predicted octanol–water partition coefficient (Wildman–Crippen LogP) is 4.41. The van der Waals surface area contributed by atoms with Crippen molar-refractivity contribution in [2.24, 2.45) is 0 Å². The number of benzene rings is 2. The summed E-state index contributed by atoms with van der Waals surface area (Å²) in [6.07, 6.45) is 2.69. The molecule has 0 aliphatic carbocycles. The van der Waals surface area contributed by atoms with E-state index in [0.717, 1.165) is 12.1 Å². The number of anilines is 1. The zero-order chi connectivity index (χ0) is 18.4. The normalized spacial score (nSPS) is 11.0. The molecule has 2 rings (SSSR count). The molecular formula is C19H19F2NO3. The summed E-state index contributed by atoms with van der Waals surface area (Å²) in [4.78, 5) is 11.9. The second-order valence-electron chi connectivity index (χ2n) is 5.50. The summed E-state index contributed by atoms with van der Waals surface area (Å²) in [5.74, 6) is -1.20. The first-order valence-electron chi connectivity index (χ1n) is 7.68. The second-order valence-corrected chi connectivity index (χ2v) is 5.50. The van der Waals surface area contributed by atoms with Crippen molar-refractivity contribution in [2.45, 2.75) is 20.0 Å². The molecule has 0 fully saturated rings. The molecule has 0 aliphatic rings. The van der Waals surface area contributed by atoms with Crippen LogP contribution in [0.5, 0.6) is 11.5 Å². The number of hydrogen-bond acceptors (Lipinski definition) is 3. The maximum absolute atomic E-state index is 13.5. The quantitative estimate of drug-likeness (QED) is 0.787. The third-order valence-corrected chi connectivity index (χ3v) is 3.19. The molecule has 0 heterocycles. The summed E-state index contributed by atoms with van der Waals surface area (Å²) in [7, 11) is 1.52. The molecule has 4 nitrogen and oxygen atoms in total. The van der Waals surface area contributed by atoms with E-state index in [1.807, 2.05) is 13.8 Å². The first kappa shape index (κ1) is 18.4. The Morgan fingerprint density at radius 3 is 2.40 bits per heavy atom. The fourth-order valence-corrected chi connectivity index (χ4v) is 2.09. The van der Waals surface area contributed by atoms with Gasteiger partial charge < -0.3 is 14.8 Å². The van der Waals surface area contributed by atoms with E-state index in [1.54, 1.807) is 18.2 Å². The van der Waals surface area contributed by atoms with Gasteiger partial charge in [0.1, 0.15) is 17.3 Å². The Bertz CT molecular complexity index is 768. The maximum atomic E-state index is 13.5. The van der Waals surface area contributed by atoms with E-state index in [1.165, 1.54) is 25.3 Å². The molecule has 2 aromatic carbocycles. The van der Waals surface area contributed by atoms with Gasteiger partial charge in [-0.1, -0.05) is 12.1 Å². The molecule has 0 aliphatic heterocycles. The number of amides is 1. The standard InChI is InChI=1S/C19H19F2NO3/c1-12(2)25-16-9-7-13(11-17(16)24-3)8-10-18(23)22-19-14(20)5-4-6-15(19)21/h4-12H,1-3H3,(H,22,23). The Hall–Kier alpha value is -2.89. The van der Waals surface area contributed by atoms with Crippen LogP contribution < -0.4 is 14.8 Å². The Morgan fingerprint density at radius 1 is 1.12 bits per heavy atom. The first-order chi connectivity index (χ1) is 11.9. The predicted molar refractivity (Wildman–Crippen MR) is 92.8 cm³/mol. The summed E-state index contributed by atoms with van der Waals surface area (Å²) in [6.45, 7) is 3.80. The first-order valence-corrected chi connectivity index (χ1v) is 7.68. The van der Waals surface area contributed by atoms with E-state index in [0.29, 0.717) is 17.1 Å². The van der Waals surface area contributed by atoms with Gasteiger partial charge in [0, 0.05) is 6.08 Å². The number of ether oxygens (including phenoxy) is 2. The summed E-state index contributed by atoms with van der Waals surface area (Å²) >= 11 is 0. The van der Waals surface area contributed by atoms with Gasteiger partial charge in [0.25, 0.3) is 0 Å². The summed E-state index contributed by atoms with van der Waals surface area (Å²) < 4.78 is 37.9. The minimum Gasteiger partial charge on any atom is -0.493 e. The van der Waals surface area contributed by atoms with Gasteiger partial charge in [-0.05, 0) is 49.8 Å². The average Bonchev–Trinajstić information content (AvgIpc) is 2.57. The largest absolute Gasteiger partial charge is 0.493 e. The molecule has 0 saturated heterocycles. The molecular weight excluding hydrogens is 328 g/mol. The highest BCUT2D eigenvalue weighted by molar-refractivity contribution is 6.02. The van der Waals surface area contributed by atoms with E-state index < -0.39 is 23.2 Å². The van der Waals surface area contributed by atoms with E-state index in [-0.39, 0.29) is 6.10 Å². The van der Waals surface area contributed by atoms with Gasteiger partial charge >= 0.3 is 0 Å². The van der Waals surface area contributed by atoms with Crippen LogP contribution in [0.15, 0.2) is 42.5 Å². The summed E-state index contributed by atoms with van der Waals surface area (Å²) in [5, 5.41) is 2.18. The number of para-hydroxylation sites is 1. The SMILES string of the molecule is COc1cc(C=CC(=O)Nc2c(F)cccc2F)ccc1OC(C)C. The van der Waals surface area contributed by atoms with Crippen LogP contribution in [-0.4, -0.2) is 19.1 Å². The van der Waals surface area contributed by atoms with Gasteiger partial charge in [0.2, 0.25) is 5.91 Å². The Labute approximate surface area is 145 Å². The molecule has 0 radical (unpaired) electrons. The topological polar surface area (TPSA) is 47.6 Å². The molecule has 6 heteroatoms. The number of nitrogens with one attached hydrogen (secondary N) is 1. The number of carbonyl (C=O) groups is 1. The van der Waals surface area contributed by atoms with Crippen LogP contribution in [-0.2, 0) is 4.79 Å². The Morgan fingerprint density at radius 2 is 1.80 bits per heavy atom. The lowest BCUT2D eigenvalue weighted by Crippen LogP contribution is -2.10. The highest BCUT2D eigenvalue weighted by Gasteiger charge is 2.10. The minimum absolute atomic E-state index is 0.00302. The lowest BCUT2D eigenvalue weighted by atomic mass is 10.2. The Balaban J connectivity index is 2.12.